The Hall–Kier alpha value is -2.61. The standard InChI is InChI=1S/C26H35N3O5/c1-16-7-12-20-21(28(16)26(32)33-2)13-14-22-24(20)27-23(15-34-19-5-3-4-6-19)29(22)18-10-8-17(9-11-18)25(30)31/h13-14,16-19H,3-12,15H2,1-2H3,(H,30,31)/t16-,17-,18-/m0/s1. The number of hydrogen-bond acceptors (Lipinski definition) is 5. The molecule has 8 nitrogen and oxygen atoms in total. The van der Waals surface area contributed by atoms with Gasteiger partial charge in [0.1, 0.15) is 12.4 Å². The maximum Gasteiger partial charge on any atom is 0.414 e. The molecule has 3 aliphatic rings. The summed E-state index contributed by atoms with van der Waals surface area (Å²) >= 11 is 0. The minimum absolute atomic E-state index is 0.0657. The summed E-state index contributed by atoms with van der Waals surface area (Å²) in [6, 6.07) is 4.36. The molecule has 0 saturated heterocycles. The van der Waals surface area contributed by atoms with E-state index in [-0.39, 0.29) is 24.1 Å². The molecular formula is C26H35N3O5. The third kappa shape index (κ3) is 4.17. The van der Waals surface area contributed by atoms with Gasteiger partial charge in [0.05, 0.1) is 35.9 Å². The van der Waals surface area contributed by atoms with E-state index in [9.17, 15) is 14.7 Å². The Labute approximate surface area is 200 Å². The molecule has 2 fully saturated rings. The highest BCUT2D eigenvalue weighted by Gasteiger charge is 2.34. The second-order valence-electron chi connectivity index (χ2n) is 10.1. The number of carbonyl (C=O) groups excluding carboxylic acids is 1. The number of fused-ring (bicyclic) bond motifs is 3. The fourth-order valence-corrected chi connectivity index (χ4v) is 6.16. The van der Waals surface area contributed by atoms with Crippen LogP contribution in [0.25, 0.3) is 11.0 Å². The van der Waals surface area contributed by atoms with Crippen LogP contribution in [-0.4, -0.2) is 46.0 Å². The van der Waals surface area contributed by atoms with E-state index in [2.05, 4.69) is 10.6 Å². The molecule has 1 aliphatic heterocycles. The summed E-state index contributed by atoms with van der Waals surface area (Å²) in [4.78, 5) is 30.9. The lowest BCUT2D eigenvalue weighted by Gasteiger charge is -2.34. The number of carboxylic acids is 1. The van der Waals surface area contributed by atoms with Crippen molar-refractivity contribution in [3.8, 4) is 0 Å². The summed E-state index contributed by atoms with van der Waals surface area (Å²) in [6.07, 6.45) is 9.30. The second-order valence-corrected chi connectivity index (χ2v) is 10.1. The minimum atomic E-state index is -0.690. The molecule has 1 aromatic heterocycles. The minimum Gasteiger partial charge on any atom is -0.481 e. The van der Waals surface area contributed by atoms with Crippen LogP contribution < -0.4 is 4.90 Å². The number of anilines is 1. The zero-order valence-corrected chi connectivity index (χ0v) is 20.2. The smallest absolute Gasteiger partial charge is 0.414 e. The number of aryl methyl sites for hydroxylation is 1. The molecule has 2 aromatic rings. The van der Waals surface area contributed by atoms with Gasteiger partial charge in [-0.2, -0.15) is 0 Å². The van der Waals surface area contributed by atoms with Gasteiger partial charge in [-0.05, 0) is 70.4 Å². The van der Waals surface area contributed by atoms with Crippen molar-refractivity contribution in [2.24, 2.45) is 5.92 Å². The first-order valence-corrected chi connectivity index (χ1v) is 12.7. The molecule has 2 saturated carbocycles. The number of methoxy groups -OCH3 is 1. The van der Waals surface area contributed by atoms with Crippen molar-refractivity contribution in [2.75, 3.05) is 12.0 Å². The zero-order valence-electron chi connectivity index (χ0n) is 20.2. The first-order chi connectivity index (χ1) is 16.5. The number of amides is 1. The Morgan fingerprint density at radius 1 is 1.09 bits per heavy atom. The molecule has 34 heavy (non-hydrogen) atoms. The molecule has 0 unspecified atom stereocenters. The van der Waals surface area contributed by atoms with Crippen LogP contribution in [0.1, 0.15) is 82.1 Å². The van der Waals surface area contributed by atoms with Crippen LogP contribution in [0, 0.1) is 5.92 Å². The molecule has 1 amide bonds. The predicted molar refractivity (Wildman–Crippen MR) is 128 cm³/mol. The molecule has 1 N–H and O–H groups in total. The van der Waals surface area contributed by atoms with E-state index in [1.807, 2.05) is 13.0 Å². The first-order valence-electron chi connectivity index (χ1n) is 12.7. The highest BCUT2D eigenvalue weighted by Crippen LogP contribution is 2.40. The summed E-state index contributed by atoms with van der Waals surface area (Å²) in [5, 5.41) is 9.45. The van der Waals surface area contributed by atoms with Crippen molar-refractivity contribution in [3.63, 3.8) is 0 Å². The van der Waals surface area contributed by atoms with Crippen LogP contribution in [0.15, 0.2) is 12.1 Å². The number of imidazole rings is 1. The topological polar surface area (TPSA) is 93.9 Å². The number of carboxylic acid groups (broad SMARTS) is 1. The molecule has 1 atom stereocenters. The maximum atomic E-state index is 12.5. The van der Waals surface area contributed by atoms with Crippen molar-refractivity contribution in [2.45, 2.75) is 95.9 Å². The summed E-state index contributed by atoms with van der Waals surface area (Å²) in [6.45, 7) is 2.51. The summed E-state index contributed by atoms with van der Waals surface area (Å²) in [7, 11) is 1.42. The molecule has 8 heteroatoms. The van der Waals surface area contributed by atoms with E-state index in [0.717, 1.165) is 66.6 Å². The Bertz CT molecular complexity index is 1070. The van der Waals surface area contributed by atoms with Crippen molar-refractivity contribution in [1.29, 1.82) is 0 Å². The van der Waals surface area contributed by atoms with Gasteiger partial charge in [-0.15, -0.1) is 0 Å². The lowest BCUT2D eigenvalue weighted by Crippen LogP contribution is -2.42. The molecule has 5 rings (SSSR count). The molecule has 0 radical (unpaired) electrons. The van der Waals surface area contributed by atoms with Crippen LogP contribution in [-0.2, 0) is 27.3 Å². The van der Waals surface area contributed by atoms with E-state index in [0.29, 0.717) is 25.6 Å². The van der Waals surface area contributed by atoms with E-state index in [1.54, 1.807) is 4.90 Å². The Morgan fingerprint density at radius 3 is 2.50 bits per heavy atom. The Kier molecular flexibility index (Phi) is 6.51. The molecule has 2 aliphatic carbocycles. The number of hydrogen-bond donors (Lipinski definition) is 1. The maximum absolute atomic E-state index is 12.5. The molecule has 0 spiro atoms. The monoisotopic (exact) mass is 469 g/mol. The van der Waals surface area contributed by atoms with Gasteiger partial charge < -0.3 is 19.1 Å². The van der Waals surface area contributed by atoms with Gasteiger partial charge in [0.15, 0.2) is 0 Å². The fraction of sp³-hybridized carbons (Fsp3) is 0.654. The van der Waals surface area contributed by atoms with E-state index < -0.39 is 5.97 Å². The normalized spacial score (nSPS) is 25.5. The number of nitrogens with zero attached hydrogens (tertiary/aromatic N) is 3. The number of ether oxygens (including phenoxy) is 2. The van der Waals surface area contributed by atoms with Crippen LogP contribution in [0.5, 0.6) is 0 Å². The largest absolute Gasteiger partial charge is 0.481 e. The number of aliphatic carboxylic acids is 1. The Morgan fingerprint density at radius 2 is 1.82 bits per heavy atom. The third-order valence-electron chi connectivity index (χ3n) is 8.06. The predicted octanol–water partition coefficient (Wildman–Crippen LogP) is 5.22. The van der Waals surface area contributed by atoms with E-state index in [4.69, 9.17) is 14.5 Å². The van der Waals surface area contributed by atoms with Crippen molar-refractivity contribution < 1.29 is 24.2 Å². The van der Waals surface area contributed by atoms with Crippen LogP contribution in [0.2, 0.25) is 0 Å². The van der Waals surface area contributed by atoms with Crippen molar-refractivity contribution in [1.82, 2.24) is 9.55 Å². The highest BCUT2D eigenvalue weighted by atomic mass is 16.5. The van der Waals surface area contributed by atoms with Gasteiger partial charge in [0.2, 0.25) is 0 Å². The van der Waals surface area contributed by atoms with Gasteiger partial charge in [-0.3, -0.25) is 9.69 Å². The van der Waals surface area contributed by atoms with Gasteiger partial charge >= 0.3 is 12.1 Å². The van der Waals surface area contributed by atoms with Gasteiger partial charge in [-0.1, -0.05) is 12.8 Å². The zero-order chi connectivity index (χ0) is 23.8. The highest BCUT2D eigenvalue weighted by molar-refractivity contribution is 5.95. The molecular weight excluding hydrogens is 434 g/mol. The number of aromatic nitrogens is 2. The summed E-state index contributed by atoms with van der Waals surface area (Å²) < 4.78 is 13.7. The SMILES string of the molecule is COC(=O)N1c2ccc3c(nc(COC4CCCC4)n3[C@H]3CC[C@H](C(=O)O)CC3)c2CC[C@@H]1C. The van der Waals surface area contributed by atoms with E-state index in [1.165, 1.54) is 20.0 Å². The number of rotatable bonds is 5. The molecule has 184 valence electrons. The quantitative estimate of drug-likeness (QED) is 0.645. The fourth-order valence-electron chi connectivity index (χ4n) is 6.16. The third-order valence-corrected chi connectivity index (χ3v) is 8.06. The molecule has 2 heterocycles. The van der Waals surface area contributed by atoms with Crippen LogP contribution in [0.4, 0.5) is 10.5 Å². The number of benzene rings is 1. The van der Waals surface area contributed by atoms with Crippen LogP contribution in [0.3, 0.4) is 0 Å². The van der Waals surface area contributed by atoms with Crippen molar-refractivity contribution in [3.05, 3.63) is 23.5 Å². The molecule has 1 aromatic carbocycles. The van der Waals surface area contributed by atoms with Gasteiger partial charge in [0, 0.05) is 17.6 Å². The van der Waals surface area contributed by atoms with Crippen LogP contribution >= 0.6 is 0 Å². The first kappa shape index (κ1) is 23.1. The Balaban J connectivity index is 1.54. The summed E-state index contributed by atoms with van der Waals surface area (Å²) in [5.74, 6) is -0.0331. The van der Waals surface area contributed by atoms with E-state index >= 15 is 0 Å². The lowest BCUT2D eigenvalue weighted by molar-refractivity contribution is -0.143. The van der Waals surface area contributed by atoms with Gasteiger partial charge in [-0.25, -0.2) is 9.78 Å². The summed E-state index contributed by atoms with van der Waals surface area (Å²) in [5.41, 5.74) is 3.95. The molecule has 0 bridgehead atoms. The second kappa shape index (κ2) is 9.56. The van der Waals surface area contributed by atoms with Crippen molar-refractivity contribution >= 4 is 28.8 Å². The number of carbonyl (C=O) groups is 2. The average Bonchev–Trinajstić information content (AvgIpc) is 3.49. The lowest BCUT2D eigenvalue weighted by atomic mass is 9.86. The van der Waals surface area contributed by atoms with Gasteiger partial charge in [0.25, 0.3) is 0 Å². The average molecular weight is 470 g/mol.